The smallest absolute Gasteiger partial charge is 0.202 e. The first kappa shape index (κ1) is 12.5. The lowest BCUT2D eigenvalue weighted by Gasteiger charge is -2.35. The Hall–Kier alpha value is -0.940. The number of rotatable bonds is 3. The molecule has 1 saturated heterocycles. The third-order valence-corrected chi connectivity index (χ3v) is 3.20. The van der Waals surface area contributed by atoms with Gasteiger partial charge in [-0.3, -0.25) is 4.90 Å². The largest absolute Gasteiger partial charge is 0.351 e. The van der Waals surface area contributed by atoms with E-state index in [0.29, 0.717) is 5.82 Å². The number of anilines is 1. The molecule has 4 nitrogen and oxygen atoms in total. The van der Waals surface area contributed by atoms with Crippen molar-refractivity contribution in [1.29, 1.82) is 0 Å². The average molecular weight is 259 g/mol. The minimum absolute atomic E-state index is 0.106. The molecule has 0 atom stereocenters. The Balaban J connectivity index is 2.03. The molecule has 1 fully saturated rings. The van der Waals surface area contributed by atoms with Crippen molar-refractivity contribution in [2.24, 2.45) is 0 Å². The van der Waals surface area contributed by atoms with Gasteiger partial charge in [-0.1, -0.05) is 18.5 Å². The van der Waals surface area contributed by atoms with E-state index in [0.717, 1.165) is 39.1 Å². The summed E-state index contributed by atoms with van der Waals surface area (Å²) < 4.78 is 13.7. The van der Waals surface area contributed by atoms with Gasteiger partial charge in [0.1, 0.15) is 6.33 Å². The molecule has 6 heteroatoms. The molecule has 2 rings (SSSR count). The van der Waals surface area contributed by atoms with Crippen LogP contribution in [0, 0.1) is 5.82 Å². The van der Waals surface area contributed by atoms with Crippen molar-refractivity contribution in [3.05, 3.63) is 17.3 Å². The highest BCUT2D eigenvalue weighted by Gasteiger charge is 2.21. The maximum absolute atomic E-state index is 13.7. The van der Waals surface area contributed by atoms with Crippen molar-refractivity contribution in [2.45, 2.75) is 13.3 Å². The van der Waals surface area contributed by atoms with Crippen LogP contribution in [-0.2, 0) is 0 Å². The van der Waals surface area contributed by atoms with Crippen LogP contribution in [0.2, 0.25) is 5.15 Å². The van der Waals surface area contributed by atoms with E-state index in [1.165, 1.54) is 6.33 Å². The predicted molar refractivity (Wildman–Crippen MR) is 65.9 cm³/mol. The van der Waals surface area contributed by atoms with Crippen molar-refractivity contribution in [3.8, 4) is 0 Å². The zero-order valence-electron chi connectivity index (χ0n) is 9.86. The molecule has 0 aromatic carbocycles. The molecule has 1 aromatic rings. The average Bonchev–Trinajstić information content (AvgIpc) is 2.34. The molecular weight excluding hydrogens is 243 g/mol. The van der Waals surface area contributed by atoms with Gasteiger partial charge in [0.25, 0.3) is 0 Å². The summed E-state index contributed by atoms with van der Waals surface area (Å²) in [5, 5.41) is -0.106. The van der Waals surface area contributed by atoms with Gasteiger partial charge < -0.3 is 4.90 Å². The van der Waals surface area contributed by atoms with Crippen LogP contribution < -0.4 is 4.90 Å². The molecule has 94 valence electrons. The number of nitrogens with zero attached hydrogens (tertiary/aromatic N) is 4. The minimum atomic E-state index is -0.516. The molecule has 1 aliphatic rings. The molecule has 1 aliphatic heterocycles. The zero-order chi connectivity index (χ0) is 12.3. The first-order chi connectivity index (χ1) is 8.22. The lowest BCUT2D eigenvalue weighted by Crippen LogP contribution is -2.47. The van der Waals surface area contributed by atoms with E-state index >= 15 is 0 Å². The highest BCUT2D eigenvalue weighted by molar-refractivity contribution is 6.29. The van der Waals surface area contributed by atoms with Crippen molar-refractivity contribution in [3.63, 3.8) is 0 Å². The van der Waals surface area contributed by atoms with Gasteiger partial charge in [0.15, 0.2) is 11.0 Å². The van der Waals surface area contributed by atoms with Gasteiger partial charge in [-0.15, -0.1) is 0 Å². The molecule has 2 heterocycles. The fourth-order valence-corrected chi connectivity index (χ4v) is 2.19. The Kier molecular flexibility index (Phi) is 4.12. The summed E-state index contributed by atoms with van der Waals surface area (Å²) in [5.74, 6) is -0.195. The Labute approximate surface area is 105 Å². The summed E-state index contributed by atoms with van der Waals surface area (Å²) in [7, 11) is 0. The van der Waals surface area contributed by atoms with Crippen LogP contribution in [0.15, 0.2) is 6.33 Å². The number of halogens is 2. The summed E-state index contributed by atoms with van der Waals surface area (Å²) in [4.78, 5) is 11.9. The summed E-state index contributed by atoms with van der Waals surface area (Å²) in [5.41, 5.74) is 0. The number of hydrogen-bond donors (Lipinski definition) is 0. The van der Waals surface area contributed by atoms with Gasteiger partial charge in [-0.05, 0) is 13.0 Å². The second-order valence-corrected chi connectivity index (χ2v) is 4.49. The molecular formula is C11H16ClFN4. The van der Waals surface area contributed by atoms with E-state index in [4.69, 9.17) is 11.6 Å². The quantitative estimate of drug-likeness (QED) is 0.774. The third kappa shape index (κ3) is 2.84. The van der Waals surface area contributed by atoms with E-state index in [2.05, 4.69) is 21.8 Å². The number of piperazine rings is 1. The van der Waals surface area contributed by atoms with Gasteiger partial charge >= 0.3 is 0 Å². The maximum Gasteiger partial charge on any atom is 0.202 e. The molecule has 0 radical (unpaired) electrons. The van der Waals surface area contributed by atoms with Crippen molar-refractivity contribution in [2.75, 3.05) is 37.6 Å². The van der Waals surface area contributed by atoms with Crippen LogP contribution in [0.25, 0.3) is 0 Å². The number of aromatic nitrogens is 2. The fourth-order valence-electron chi connectivity index (χ4n) is 2.06. The molecule has 0 N–H and O–H groups in total. The van der Waals surface area contributed by atoms with Crippen LogP contribution >= 0.6 is 11.6 Å². The van der Waals surface area contributed by atoms with Crippen LogP contribution in [0.5, 0.6) is 0 Å². The molecule has 1 aromatic heterocycles. The maximum atomic E-state index is 13.7. The Morgan fingerprint density at radius 2 is 2.00 bits per heavy atom. The molecule has 0 bridgehead atoms. The van der Waals surface area contributed by atoms with Gasteiger partial charge in [0, 0.05) is 26.2 Å². The van der Waals surface area contributed by atoms with Crippen LogP contribution in [0.4, 0.5) is 10.2 Å². The summed E-state index contributed by atoms with van der Waals surface area (Å²) in [6, 6.07) is 0. The predicted octanol–water partition coefficient (Wildman–Crippen LogP) is 1.80. The van der Waals surface area contributed by atoms with Gasteiger partial charge in [-0.25, -0.2) is 9.97 Å². The van der Waals surface area contributed by atoms with Gasteiger partial charge in [-0.2, -0.15) is 4.39 Å². The lowest BCUT2D eigenvalue weighted by atomic mass is 10.3. The molecule has 0 spiro atoms. The topological polar surface area (TPSA) is 32.3 Å². The molecule has 0 unspecified atom stereocenters. The Morgan fingerprint density at radius 1 is 1.29 bits per heavy atom. The van der Waals surface area contributed by atoms with Crippen LogP contribution in [0.1, 0.15) is 13.3 Å². The first-order valence-corrected chi connectivity index (χ1v) is 6.23. The zero-order valence-corrected chi connectivity index (χ0v) is 10.6. The summed E-state index contributed by atoms with van der Waals surface area (Å²) >= 11 is 5.65. The highest BCUT2D eigenvalue weighted by Crippen LogP contribution is 2.21. The Morgan fingerprint density at radius 3 is 2.65 bits per heavy atom. The lowest BCUT2D eigenvalue weighted by molar-refractivity contribution is 0.257. The second-order valence-electron chi connectivity index (χ2n) is 4.13. The second kappa shape index (κ2) is 5.60. The fraction of sp³-hybridized carbons (Fsp3) is 0.636. The van der Waals surface area contributed by atoms with E-state index in [9.17, 15) is 4.39 Å². The molecule has 0 aliphatic carbocycles. The monoisotopic (exact) mass is 258 g/mol. The van der Waals surface area contributed by atoms with Crippen LogP contribution in [0.3, 0.4) is 0 Å². The summed E-state index contributed by atoms with van der Waals surface area (Å²) in [6.07, 6.45) is 2.45. The minimum Gasteiger partial charge on any atom is -0.351 e. The number of hydrogen-bond acceptors (Lipinski definition) is 4. The van der Waals surface area contributed by atoms with E-state index in [1.807, 2.05) is 4.90 Å². The van der Waals surface area contributed by atoms with Gasteiger partial charge in [0.05, 0.1) is 0 Å². The van der Waals surface area contributed by atoms with Gasteiger partial charge in [0.2, 0.25) is 5.82 Å². The van der Waals surface area contributed by atoms with Crippen LogP contribution in [-0.4, -0.2) is 47.6 Å². The first-order valence-electron chi connectivity index (χ1n) is 5.85. The van der Waals surface area contributed by atoms with E-state index in [1.54, 1.807) is 0 Å². The summed E-state index contributed by atoms with van der Waals surface area (Å²) in [6.45, 7) is 6.70. The van der Waals surface area contributed by atoms with Crippen molar-refractivity contribution in [1.82, 2.24) is 14.9 Å². The van der Waals surface area contributed by atoms with Crippen molar-refractivity contribution >= 4 is 17.4 Å². The standard InChI is InChI=1S/C11H16ClFN4/c1-2-3-16-4-6-17(7-5-16)11-9(13)10(12)14-8-15-11/h8H,2-7H2,1H3. The Bertz CT molecular complexity index is 380. The van der Waals surface area contributed by atoms with E-state index in [-0.39, 0.29) is 5.15 Å². The van der Waals surface area contributed by atoms with E-state index < -0.39 is 5.82 Å². The molecule has 17 heavy (non-hydrogen) atoms. The highest BCUT2D eigenvalue weighted by atomic mass is 35.5. The normalized spacial score (nSPS) is 17.5. The SMILES string of the molecule is CCCN1CCN(c2ncnc(Cl)c2F)CC1. The molecule has 0 saturated carbocycles. The third-order valence-electron chi connectivity index (χ3n) is 2.94. The molecule has 0 amide bonds. The van der Waals surface area contributed by atoms with Crippen molar-refractivity contribution < 1.29 is 4.39 Å².